The minimum absolute atomic E-state index is 0.359. The lowest BCUT2D eigenvalue weighted by atomic mass is 10.1. The fourth-order valence-corrected chi connectivity index (χ4v) is 2.68. The van der Waals surface area contributed by atoms with Crippen LogP contribution < -0.4 is 0 Å². The zero-order chi connectivity index (χ0) is 15.6. The summed E-state index contributed by atoms with van der Waals surface area (Å²) in [5.74, 6) is 0. The van der Waals surface area contributed by atoms with E-state index in [0.717, 1.165) is 12.8 Å². The van der Waals surface area contributed by atoms with Gasteiger partial charge in [-0.3, -0.25) is 0 Å². The fourth-order valence-electron chi connectivity index (χ4n) is 2.68. The van der Waals surface area contributed by atoms with E-state index in [9.17, 15) is 5.11 Å². The highest BCUT2D eigenvalue weighted by atomic mass is 16.3. The van der Waals surface area contributed by atoms with Crippen molar-refractivity contribution in [1.82, 2.24) is 0 Å². The van der Waals surface area contributed by atoms with Crippen molar-refractivity contribution in [2.45, 2.75) is 116 Å². The average molecular weight is 296 g/mol. The van der Waals surface area contributed by atoms with Gasteiger partial charge in [0.2, 0.25) is 0 Å². The van der Waals surface area contributed by atoms with Gasteiger partial charge < -0.3 is 0 Å². The van der Waals surface area contributed by atoms with Crippen LogP contribution in [0.4, 0.5) is 0 Å². The molecule has 0 fully saturated rings. The first-order valence-corrected chi connectivity index (χ1v) is 9.58. The number of unbranched alkanes of at least 4 members (excludes halogenated alkanes) is 12. The van der Waals surface area contributed by atoms with E-state index in [1.165, 1.54) is 83.5 Å². The molecule has 1 nitrogen and oxygen atoms in total. The standard InChI is InChI=1S/C20H39O/c1-3-4-5-6-7-8-9-10-11-12-13-14-15-16-17-18-19-20(2)21/h10-11,20H,3-9,12-19H2,1-2H3/b11-10-. The highest BCUT2D eigenvalue weighted by molar-refractivity contribution is 4.81. The van der Waals surface area contributed by atoms with Gasteiger partial charge in [-0.15, -0.1) is 0 Å². The number of rotatable bonds is 16. The quantitative estimate of drug-likeness (QED) is 0.211. The molecule has 1 radical (unpaired) electrons. The molecule has 0 heterocycles. The lowest BCUT2D eigenvalue weighted by Gasteiger charge is -2.02. The summed E-state index contributed by atoms with van der Waals surface area (Å²) in [6, 6.07) is 0. The number of hydrogen-bond donors (Lipinski definition) is 0. The fraction of sp³-hybridized carbons (Fsp3) is 0.900. The van der Waals surface area contributed by atoms with Crippen molar-refractivity contribution in [2.75, 3.05) is 0 Å². The highest BCUT2D eigenvalue weighted by Gasteiger charge is 1.96. The average Bonchev–Trinajstić information content (AvgIpc) is 2.46. The van der Waals surface area contributed by atoms with Crippen LogP contribution in [0.1, 0.15) is 110 Å². The van der Waals surface area contributed by atoms with Crippen LogP contribution in [0.15, 0.2) is 12.2 Å². The second-order valence-electron chi connectivity index (χ2n) is 6.54. The van der Waals surface area contributed by atoms with Gasteiger partial charge in [-0.1, -0.05) is 83.3 Å². The summed E-state index contributed by atoms with van der Waals surface area (Å²) in [5, 5.41) is 10.9. The Kier molecular flexibility index (Phi) is 17.5. The Morgan fingerprint density at radius 2 is 1.10 bits per heavy atom. The van der Waals surface area contributed by atoms with Gasteiger partial charge in [0.15, 0.2) is 0 Å². The van der Waals surface area contributed by atoms with Crippen molar-refractivity contribution >= 4 is 0 Å². The molecule has 0 saturated heterocycles. The van der Waals surface area contributed by atoms with Crippen molar-refractivity contribution < 1.29 is 5.11 Å². The molecular formula is C20H39O. The molecule has 0 aliphatic rings. The molecule has 21 heavy (non-hydrogen) atoms. The van der Waals surface area contributed by atoms with Crippen LogP contribution >= 0.6 is 0 Å². The monoisotopic (exact) mass is 295 g/mol. The molecule has 0 saturated carbocycles. The van der Waals surface area contributed by atoms with Crippen molar-refractivity contribution in [3.8, 4) is 0 Å². The summed E-state index contributed by atoms with van der Waals surface area (Å²) in [7, 11) is 0. The Hall–Kier alpha value is -0.300. The maximum Gasteiger partial charge on any atom is 0.0902 e. The molecule has 0 spiro atoms. The first-order valence-electron chi connectivity index (χ1n) is 9.58. The summed E-state index contributed by atoms with van der Waals surface area (Å²) in [6.45, 7) is 4.05. The minimum atomic E-state index is -0.359. The summed E-state index contributed by atoms with van der Waals surface area (Å²) in [5.41, 5.74) is 0. The van der Waals surface area contributed by atoms with Crippen molar-refractivity contribution in [2.24, 2.45) is 0 Å². The van der Waals surface area contributed by atoms with Crippen LogP contribution in [0, 0.1) is 0 Å². The molecule has 0 aromatic rings. The molecule has 0 aliphatic carbocycles. The molecule has 1 heteroatoms. The molecule has 1 atom stereocenters. The van der Waals surface area contributed by atoms with E-state index in [4.69, 9.17) is 0 Å². The van der Waals surface area contributed by atoms with Crippen molar-refractivity contribution in [3.63, 3.8) is 0 Å². The third-order valence-electron chi connectivity index (χ3n) is 4.12. The highest BCUT2D eigenvalue weighted by Crippen LogP contribution is 2.11. The van der Waals surface area contributed by atoms with Crippen LogP contribution in [0.2, 0.25) is 0 Å². The predicted molar refractivity (Wildman–Crippen MR) is 94.2 cm³/mol. The molecule has 0 aromatic carbocycles. The van der Waals surface area contributed by atoms with E-state index in [1.807, 2.05) is 0 Å². The van der Waals surface area contributed by atoms with E-state index in [-0.39, 0.29) is 6.10 Å². The lowest BCUT2D eigenvalue weighted by Crippen LogP contribution is -1.95. The molecule has 125 valence electrons. The van der Waals surface area contributed by atoms with Crippen LogP contribution in [0.25, 0.3) is 0 Å². The minimum Gasteiger partial charge on any atom is -0.233 e. The normalized spacial score (nSPS) is 13.1. The number of allylic oxidation sites excluding steroid dienone is 2. The van der Waals surface area contributed by atoms with E-state index < -0.39 is 0 Å². The lowest BCUT2D eigenvalue weighted by molar-refractivity contribution is 0.0950. The smallest absolute Gasteiger partial charge is 0.0902 e. The third kappa shape index (κ3) is 19.7. The Labute approximate surface area is 134 Å². The molecule has 0 bridgehead atoms. The van der Waals surface area contributed by atoms with Crippen LogP contribution in [-0.2, 0) is 5.11 Å². The maximum atomic E-state index is 10.9. The Bertz CT molecular complexity index is 208. The van der Waals surface area contributed by atoms with E-state index in [0.29, 0.717) is 0 Å². The molecule has 0 rings (SSSR count). The van der Waals surface area contributed by atoms with Gasteiger partial charge in [0.1, 0.15) is 0 Å². The third-order valence-corrected chi connectivity index (χ3v) is 4.12. The van der Waals surface area contributed by atoms with Crippen LogP contribution in [-0.4, -0.2) is 6.10 Å². The summed E-state index contributed by atoms with van der Waals surface area (Å²) in [4.78, 5) is 0. The van der Waals surface area contributed by atoms with E-state index in [2.05, 4.69) is 19.1 Å². The van der Waals surface area contributed by atoms with Gasteiger partial charge in [0.05, 0.1) is 6.10 Å². The van der Waals surface area contributed by atoms with E-state index >= 15 is 0 Å². The molecule has 0 amide bonds. The van der Waals surface area contributed by atoms with Gasteiger partial charge in [-0.2, -0.15) is 0 Å². The predicted octanol–water partition coefficient (Wildman–Crippen LogP) is 7.23. The Balaban J connectivity index is 3.05. The second kappa shape index (κ2) is 17.8. The second-order valence-corrected chi connectivity index (χ2v) is 6.54. The van der Waals surface area contributed by atoms with Crippen LogP contribution in [0.3, 0.4) is 0 Å². The van der Waals surface area contributed by atoms with Gasteiger partial charge in [-0.05, 0) is 39.0 Å². The molecular weight excluding hydrogens is 256 g/mol. The first kappa shape index (κ1) is 20.7. The molecule has 0 aliphatic heterocycles. The zero-order valence-electron chi connectivity index (χ0n) is 14.7. The largest absolute Gasteiger partial charge is 0.233 e. The number of hydrogen-bond acceptors (Lipinski definition) is 0. The van der Waals surface area contributed by atoms with Gasteiger partial charge in [0, 0.05) is 0 Å². The summed E-state index contributed by atoms with van der Waals surface area (Å²) < 4.78 is 0. The van der Waals surface area contributed by atoms with Gasteiger partial charge in [0.25, 0.3) is 0 Å². The Morgan fingerprint density at radius 3 is 1.57 bits per heavy atom. The van der Waals surface area contributed by atoms with Crippen molar-refractivity contribution in [1.29, 1.82) is 0 Å². The summed E-state index contributed by atoms with van der Waals surface area (Å²) in [6.07, 6.45) is 23.9. The SMILES string of the molecule is CCCCCCCC/C=C\CCCCCCCCC(C)[O]. The summed E-state index contributed by atoms with van der Waals surface area (Å²) >= 11 is 0. The zero-order valence-corrected chi connectivity index (χ0v) is 14.7. The van der Waals surface area contributed by atoms with Gasteiger partial charge in [-0.25, -0.2) is 5.11 Å². The van der Waals surface area contributed by atoms with Gasteiger partial charge >= 0.3 is 0 Å². The molecule has 1 unspecified atom stereocenters. The molecule has 0 N–H and O–H groups in total. The topological polar surface area (TPSA) is 19.9 Å². The maximum absolute atomic E-state index is 10.9. The van der Waals surface area contributed by atoms with Crippen LogP contribution in [0.5, 0.6) is 0 Å². The Morgan fingerprint density at radius 1 is 0.667 bits per heavy atom. The first-order chi connectivity index (χ1) is 10.3. The van der Waals surface area contributed by atoms with E-state index in [1.54, 1.807) is 6.92 Å². The molecule has 0 aromatic heterocycles. The van der Waals surface area contributed by atoms with Crippen molar-refractivity contribution in [3.05, 3.63) is 12.2 Å².